The van der Waals surface area contributed by atoms with E-state index in [1.54, 1.807) is 24.3 Å². The first-order valence-electron chi connectivity index (χ1n) is 5.58. The summed E-state index contributed by atoms with van der Waals surface area (Å²) in [5.74, 6) is -0.396. The van der Waals surface area contributed by atoms with Crippen molar-refractivity contribution in [2.45, 2.75) is 12.5 Å². The number of nitrogens with one attached hydrogen (secondary N) is 2. The van der Waals surface area contributed by atoms with Gasteiger partial charge in [0.15, 0.2) is 0 Å². The molecule has 0 aliphatic carbocycles. The van der Waals surface area contributed by atoms with Crippen LogP contribution in [0.4, 0.5) is 10.5 Å². The third-order valence-corrected chi connectivity index (χ3v) is 3.31. The number of aliphatic carboxylic acids is 1. The number of hydrogen-bond acceptors (Lipinski definition) is 3. The van der Waals surface area contributed by atoms with E-state index in [9.17, 15) is 9.59 Å². The molecule has 5 nitrogen and oxygen atoms in total. The Bertz CT molecular complexity index is 456. The highest BCUT2D eigenvalue weighted by atomic mass is 35.5. The number of hydrogen-bond donors (Lipinski definition) is 3. The van der Waals surface area contributed by atoms with Gasteiger partial charge in [-0.2, -0.15) is 11.8 Å². The zero-order valence-electron chi connectivity index (χ0n) is 10.4. The minimum absolute atomic E-state index is 0.368. The average molecular weight is 303 g/mol. The lowest BCUT2D eigenvalue weighted by Gasteiger charge is -2.15. The van der Waals surface area contributed by atoms with Crippen molar-refractivity contribution in [3.05, 3.63) is 29.3 Å². The molecule has 0 fully saturated rings. The summed E-state index contributed by atoms with van der Waals surface area (Å²) in [4.78, 5) is 22.7. The van der Waals surface area contributed by atoms with Gasteiger partial charge >= 0.3 is 12.0 Å². The van der Waals surface area contributed by atoms with Crippen LogP contribution >= 0.6 is 23.4 Å². The van der Waals surface area contributed by atoms with E-state index in [1.807, 2.05) is 6.26 Å². The maximum absolute atomic E-state index is 11.7. The van der Waals surface area contributed by atoms with Gasteiger partial charge in [-0.15, -0.1) is 0 Å². The number of rotatable bonds is 6. The van der Waals surface area contributed by atoms with E-state index in [0.717, 1.165) is 0 Å². The van der Waals surface area contributed by atoms with Gasteiger partial charge in [-0.25, -0.2) is 9.59 Å². The van der Waals surface area contributed by atoms with Crippen LogP contribution in [0.15, 0.2) is 24.3 Å². The van der Waals surface area contributed by atoms with Crippen LogP contribution in [0.5, 0.6) is 0 Å². The highest BCUT2D eigenvalue weighted by Gasteiger charge is 2.19. The van der Waals surface area contributed by atoms with Crippen LogP contribution in [0, 0.1) is 0 Å². The molecule has 1 aromatic rings. The number of urea groups is 1. The van der Waals surface area contributed by atoms with Crippen LogP contribution in [-0.4, -0.2) is 35.2 Å². The summed E-state index contributed by atoms with van der Waals surface area (Å²) in [7, 11) is 0. The smallest absolute Gasteiger partial charge is 0.326 e. The Morgan fingerprint density at radius 2 is 2.11 bits per heavy atom. The fraction of sp³-hybridized carbons (Fsp3) is 0.333. The third kappa shape index (κ3) is 5.40. The Morgan fingerprint density at radius 1 is 1.42 bits per heavy atom. The lowest BCUT2D eigenvalue weighted by Crippen LogP contribution is -2.43. The number of carboxylic acids is 1. The largest absolute Gasteiger partial charge is 0.480 e. The van der Waals surface area contributed by atoms with Crippen LogP contribution in [0.3, 0.4) is 0 Å². The second kappa shape index (κ2) is 7.91. The maximum Gasteiger partial charge on any atom is 0.326 e. The summed E-state index contributed by atoms with van der Waals surface area (Å²) in [5.41, 5.74) is 0.440. The molecule has 0 aliphatic rings. The molecule has 2 amide bonds. The Kier molecular flexibility index (Phi) is 6.52. The van der Waals surface area contributed by atoms with Crippen molar-refractivity contribution < 1.29 is 14.7 Å². The molecule has 1 aromatic carbocycles. The van der Waals surface area contributed by atoms with Crippen LogP contribution in [0.1, 0.15) is 6.42 Å². The number of carbonyl (C=O) groups excluding carboxylic acids is 1. The molecule has 0 radical (unpaired) electrons. The zero-order chi connectivity index (χ0) is 14.3. The van der Waals surface area contributed by atoms with Gasteiger partial charge in [0.2, 0.25) is 0 Å². The Hall–Kier alpha value is -1.40. The van der Waals surface area contributed by atoms with E-state index in [-0.39, 0.29) is 0 Å². The van der Waals surface area contributed by atoms with Crippen LogP contribution in [-0.2, 0) is 4.79 Å². The van der Waals surface area contributed by atoms with Crippen molar-refractivity contribution in [2.75, 3.05) is 17.3 Å². The van der Waals surface area contributed by atoms with Crippen molar-refractivity contribution in [3.8, 4) is 0 Å². The second-order valence-corrected chi connectivity index (χ2v) is 5.14. The number of amides is 2. The Balaban J connectivity index is 2.58. The number of benzene rings is 1. The van der Waals surface area contributed by atoms with Crippen LogP contribution in [0.2, 0.25) is 5.02 Å². The average Bonchev–Trinajstić information content (AvgIpc) is 2.37. The highest BCUT2D eigenvalue weighted by Crippen LogP contribution is 2.20. The Morgan fingerprint density at radius 3 is 2.68 bits per heavy atom. The van der Waals surface area contributed by atoms with Gasteiger partial charge < -0.3 is 15.7 Å². The number of anilines is 1. The number of para-hydroxylation sites is 1. The predicted molar refractivity (Wildman–Crippen MR) is 78.0 cm³/mol. The summed E-state index contributed by atoms with van der Waals surface area (Å²) in [6, 6.07) is 5.25. The quantitative estimate of drug-likeness (QED) is 0.755. The predicted octanol–water partition coefficient (Wildman–Crippen LogP) is 2.67. The molecule has 0 spiro atoms. The van der Waals surface area contributed by atoms with Crippen LogP contribution < -0.4 is 10.6 Å². The summed E-state index contributed by atoms with van der Waals surface area (Å²) in [5, 5.41) is 14.3. The Labute approximate surface area is 120 Å². The summed E-state index contributed by atoms with van der Waals surface area (Å²) in [6.45, 7) is 0. The van der Waals surface area contributed by atoms with E-state index >= 15 is 0 Å². The number of carbonyl (C=O) groups is 2. The molecule has 0 unspecified atom stereocenters. The van der Waals surface area contributed by atoms with Crippen molar-refractivity contribution in [2.24, 2.45) is 0 Å². The van der Waals surface area contributed by atoms with Gasteiger partial charge in [-0.05, 0) is 30.6 Å². The van der Waals surface area contributed by atoms with Crippen molar-refractivity contribution in [1.82, 2.24) is 5.32 Å². The van der Waals surface area contributed by atoms with E-state index in [0.29, 0.717) is 22.9 Å². The zero-order valence-corrected chi connectivity index (χ0v) is 11.9. The first-order chi connectivity index (χ1) is 9.04. The molecule has 7 heteroatoms. The molecule has 104 valence electrons. The third-order valence-electron chi connectivity index (χ3n) is 2.34. The maximum atomic E-state index is 11.7. The number of halogens is 1. The fourth-order valence-electron chi connectivity index (χ4n) is 1.37. The van der Waals surface area contributed by atoms with Crippen molar-refractivity contribution in [1.29, 1.82) is 0 Å². The topological polar surface area (TPSA) is 78.4 Å². The van der Waals surface area contributed by atoms with E-state index in [2.05, 4.69) is 10.6 Å². The second-order valence-electron chi connectivity index (χ2n) is 3.75. The molecule has 0 aliphatic heterocycles. The standard InChI is InChI=1S/C12H15ClN2O3S/c1-19-7-6-10(11(16)17)15-12(18)14-9-5-3-2-4-8(9)13/h2-5,10H,6-7H2,1H3,(H,16,17)(H2,14,15,18)/t10-/m0/s1. The molecule has 0 saturated carbocycles. The van der Waals surface area contributed by atoms with E-state index in [4.69, 9.17) is 16.7 Å². The lowest BCUT2D eigenvalue weighted by molar-refractivity contribution is -0.139. The first kappa shape index (κ1) is 15.7. The van der Waals surface area contributed by atoms with Crippen molar-refractivity contribution in [3.63, 3.8) is 0 Å². The summed E-state index contributed by atoms with van der Waals surface area (Å²) in [6.07, 6.45) is 2.25. The summed E-state index contributed by atoms with van der Waals surface area (Å²) < 4.78 is 0. The van der Waals surface area contributed by atoms with Gasteiger partial charge in [0, 0.05) is 0 Å². The first-order valence-corrected chi connectivity index (χ1v) is 7.35. The van der Waals surface area contributed by atoms with Crippen molar-refractivity contribution >= 4 is 41.1 Å². The fourth-order valence-corrected chi connectivity index (χ4v) is 2.03. The number of thioether (sulfide) groups is 1. The number of carboxylic acid groups (broad SMARTS) is 1. The van der Waals surface area contributed by atoms with Gasteiger partial charge in [-0.3, -0.25) is 0 Å². The molecule has 0 saturated heterocycles. The minimum Gasteiger partial charge on any atom is -0.480 e. The van der Waals surface area contributed by atoms with Gasteiger partial charge in [-0.1, -0.05) is 23.7 Å². The van der Waals surface area contributed by atoms with Gasteiger partial charge in [0.05, 0.1) is 10.7 Å². The lowest BCUT2D eigenvalue weighted by atomic mass is 10.2. The normalized spacial score (nSPS) is 11.7. The molecule has 1 rings (SSSR count). The molecule has 0 bridgehead atoms. The highest BCUT2D eigenvalue weighted by molar-refractivity contribution is 7.98. The molecular formula is C12H15ClN2O3S. The minimum atomic E-state index is -1.05. The molecule has 3 N–H and O–H groups in total. The van der Waals surface area contributed by atoms with E-state index in [1.165, 1.54) is 11.8 Å². The molecule has 19 heavy (non-hydrogen) atoms. The molecule has 1 atom stereocenters. The molecule has 0 heterocycles. The van der Waals surface area contributed by atoms with Crippen LogP contribution in [0.25, 0.3) is 0 Å². The monoisotopic (exact) mass is 302 g/mol. The van der Waals surface area contributed by atoms with Gasteiger partial charge in [0.25, 0.3) is 0 Å². The SMILES string of the molecule is CSCC[C@H](NC(=O)Nc1ccccc1Cl)C(=O)O. The molecule has 0 aromatic heterocycles. The summed E-state index contributed by atoms with van der Waals surface area (Å²) >= 11 is 7.41. The molecular weight excluding hydrogens is 288 g/mol. The van der Waals surface area contributed by atoms with Gasteiger partial charge in [0.1, 0.15) is 6.04 Å². The van der Waals surface area contributed by atoms with E-state index < -0.39 is 18.0 Å².